The quantitative estimate of drug-likeness (QED) is 0.652. The van der Waals surface area contributed by atoms with E-state index in [1.807, 2.05) is 6.07 Å². The largest absolute Gasteiger partial charge is 0.325 e. The molecule has 3 rings (SSSR count). The van der Waals surface area contributed by atoms with E-state index in [0.29, 0.717) is 16.7 Å². The number of carbonyl (C=O) groups is 3. The van der Waals surface area contributed by atoms with Gasteiger partial charge in [0.25, 0.3) is 5.91 Å². The van der Waals surface area contributed by atoms with E-state index in [0.717, 1.165) is 4.90 Å². The molecule has 6 nitrogen and oxygen atoms in total. The van der Waals surface area contributed by atoms with Crippen molar-refractivity contribution in [3.63, 3.8) is 0 Å². The van der Waals surface area contributed by atoms with Gasteiger partial charge in [-0.1, -0.05) is 12.1 Å². The number of rotatable bonds is 5. The van der Waals surface area contributed by atoms with Crippen molar-refractivity contribution in [2.45, 2.75) is 18.9 Å². The van der Waals surface area contributed by atoms with Crippen LogP contribution in [-0.4, -0.2) is 29.2 Å². The molecule has 0 unspecified atom stereocenters. The molecular weight excluding hydrogens is 349 g/mol. The lowest BCUT2D eigenvalue weighted by Crippen LogP contribution is -2.41. The third-order valence-electron chi connectivity index (χ3n) is 4.57. The van der Waals surface area contributed by atoms with Gasteiger partial charge >= 0.3 is 6.03 Å². The van der Waals surface area contributed by atoms with Crippen LogP contribution < -0.4 is 5.32 Å². The third kappa shape index (κ3) is 3.42. The van der Waals surface area contributed by atoms with Gasteiger partial charge in [-0.3, -0.25) is 14.5 Å². The van der Waals surface area contributed by atoms with Crippen molar-refractivity contribution < 1.29 is 18.8 Å². The van der Waals surface area contributed by atoms with Crippen LogP contribution in [0.15, 0.2) is 48.5 Å². The maximum absolute atomic E-state index is 12.9. The molecule has 1 saturated heterocycles. The fraction of sp³-hybridized carbons (Fsp3) is 0.200. The third-order valence-corrected chi connectivity index (χ3v) is 4.57. The second-order valence-corrected chi connectivity index (χ2v) is 6.38. The molecule has 1 aliphatic heterocycles. The molecule has 1 heterocycles. The van der Waals surface area contributed by atoms with Crippen molar-refractivity contribution in [3.8, 4) is 6.07 Å². The smallest absolute Gasteiger partial charge is 0.319 e. The Morgan fingerprint density at radius 1 is 1.22 bits per heavy atom. The van der Waals surface area contributed by atoms with Gasteiger partial charge in [-0.25, -0.2) is 9.18 Å². The van der Waals surface area contributed by atoms with Gasteiger partial charge in [0.15, 0.2) is 5.78 Å². The van der Waals surface area contributed by atoms with Crippen LogP contribution in [0.25, 0.3) is 0 Å². The molecule has 136 valence electrons. The molecule has 1 atom stereocenters. The Labute approximate surface area is 155 Å². The van der Waals surface area contributed by atoms with Gasteiger partial charge in [-0.05, 0) is 48.9 Å². The Kier molecular flexibility index (Phi) is 4.74. The van der Waals surface area contributed by atoms with Crippen LogP contribution in [0, 0.1) is 17.1 Å². The predicted molar refractivity (Wildman–Crippen MR) is 94.1 cm³/mol. The Bertz CT molecular complexity index is 965. The van der Waals surface area contributed by atoms with Gasteiger partial charge < -0.3 is 5.32 Å². The monoisotopic (exact) mass is 365 g/mol. The minimum absolute atomic E-state index is 0.0703. The van der Waals surface area contributed by atoms with Crippen molar-refractivity contribution in [1.29, 1.82) is 5.26 Å². The van der Waals surface area contributed by atoms with Gasteiger partial charge in [-0.2, -0.15) is 5.26 Å². The minimum Gasteiger partial charge on any atom is -0.319 e. The Morgan fingerprint density at radius 2 is 1.93 bits per heavy atom. The first-order chi connectivity index (χ1) is 12.8. The average Bonchev–Trinajstić information content (AvgIpc) is 2.90. The Balaban J connectivity index is 1.75. The normalized spacial score (nSPS) is 18.9. The molecule has 3 amide bonds. The van der Waals surface area contributed by atoms with Gasteiger partial charge in [0.1, 0.15) is 11.4 Å². The van der Waals surface area contributed by atoms with Crippen LogP contribution in [0.3, 0.4) is 0 Å². The van der Waals surface area contributed by atoms with Crippen molar-refractivity contribution in [1.82, 2.24) is 10.2 Å². The number of halogens is 1. The fourth-order valence-electron chi connectivity index (χ4n) is 2.99. The van der Waals surface area contributed by atoms with E-state index in [1.165, 1.54) is 24.3 Å². The summed E-state index contributed by atoms with van der Waals surface area (Å²) in [7, 11) is 0. The van der Waals surface area contributed by atoms with Crippen LogP contribution in [0.1, 0.15) is 34.8 Å². The summed E-state index contributed by atoms with van der Waals surface area (Å²) in [6.45, 7) is 1.47. The van der Waals surface area contributed by atoms with Crippen LogP contribution >= 0.6 is 0 Å². The number of ketones is 1. The molecule has 0 aliphatic carbocycles. The molecule has 27 heavy (non-hydrogen) atoms. The molecule has 0 bridgehead atoms. The summed E-state index contributed by atoms with van der Waals surface area (Å²) in [4.78, 5) is 38.3. The van der Waals surface area contributed by atoms with Crippen LogP contribution in [0.4, 0.5) is 9.18 Å². The summed E-state index contributed by atoms with van der Waals surface area (Å²) < 4.78 is 12.9. The van der Waals surface area contributed by atoms with Crippen LogP contribution in [0.2, 0.25) is 0 Å². The maximum atomic E-state index is 12.9. The molecule has 1 N–H and O–H groups in total. The first kappa shape index (κ1) is 18.3. The predicted octanol–water partition coefficient (Wildman–Crippen LogP) is 2.74. The first-order valence-corrected chi connectivity index (χ1v) is 8.28. The number of hydrogen-bond donors (Lipinski definition) is 1. The van der Waals surface area contributed by atoms with Crippen molar-refractivity contribution in [2.24, 2.45) is 0 Å². The summed E-state index contributed by atoms with van der Waals surface area (Å²) in [6, 6.07) is 12.9. The fourth-order valence-corrected chi connectivity index (χ4v) is 2.99. The molecule has 1 aliphatic rings. The lowest BCUT2D eigenvalue weighted by atomic mass is 9.91. The topological polar surface area (TPSA) is 90.3 Å². The maximum Gasteiger partial charge on any atom is 0.325 e. The Hall–Kier alpha value is -3.53. The number of nitriles is 1. The van der Waals surface area contributed by atoms with E-state index < -0.39 is 23.3 Å². The molecule has 2 aromatic carbocycles. The van der Waals surface area contributed by atoms with Crippen molar-refractivity contribution in [2.75, 3.05) is 6.54 Å². The highest BCUT2D eigenvalue weighted by Gasteiger charge is 2.48. The number of nitrogens with one attached hydrogen (secondary N) is 1. The number of amides is 3. The standard InChI is InChI=1S/C20H16FN3O3/c1-20(15-4-2-3-13(11-15)12-22)18(26)24(19(27)23-20)10-9-17(25)14-5-7-16(21)8-6-14/h2-8,11H,9-10H2,1H3,(H,23,27)/t20-/m0/s1. The van der Waals surface area contributed by atoms with E-state index in [1.54, 1.807) is 31.2 Å². The number of nitrogens with zero attached hydrogens (tertiary/aromatic N) is 2. The SMILES string of the molecule is C[C@@]1(c2cccc(C#N)c2)NC(=O)N(CCC(=O)c2ccc(F)cc2)C1=O. The van der Waals surface area contributed by atoms with Gasteiger partial charge in [0, 0.05) is 18.5 Å². The molecule has 0 spiro atoms. The second-order valence-electron chi connectivity index (χ2n) is 6.38. The molecule has 0 saturated carbocycles. The molecule has 1 fully saturated rings. The van der Waals surface area contributed by atoms with E-state index in [2.05, 4.69) is 5.32 Å². The number of carbonyl (C=O) groups excluding carboxylic acids is 3. The van der Waals surface area contributed by atoms with E-state index in [4.69, 9.17) is 5.26 Å². The Morgan fingerprint density at radius 3 is 2.59 bits per heavy atom. The van der Waals surface area contributed by atoms with Crippen molar-refractivity contribution >= 4 is 17.7 Å². The van der Waals surface area contributed by atoms with Gasteiger partial charge in [0.2, 0.25) is 0 Å². The zero-order valence-corrected chi connectivity index (χ0v) is 14.5. The zero-order chi connectivity index (χ0) is 19.6. The lowest BCUT2D eigenvalue weighted by molar-refractivity contribution is -0.131. The van der Waals surface area contributed by atoms with Crippen LogP contribution in [-0.2, 0) is 10.3 Å². The van der Waals surface area contributed by atoms with Crippen LogP contribution in [0.5, 0.6) is 0 Å². The van der Waals surface area contributed by atoms with Gasteiger partial charge in [-0.15, -0.1) is 0 Å². The molecular formula is C20H16FN3O3. The van der Waals surface area contributed by atoms with E-state index in [9.17, 15) is 18.8 Å². The summed E-state index contributed by atoms with van der Waals surface area (Å²) in [6.07, 6.45) is -0.0703. The number of benzene rings is 2. The molecule has 0 aromatic heterocycles. The van der Waals surface area contributed by atoms with Crippen molar-refractivity contribution in [3.05, 3.63) is 71.0 Å². The molecule has 0 radical (unpaired) electrons. The molecule has 2 aromatic rings. The number of urea groups is 1. The average molecular weight is 365 g/mol. The van der Waals surface area contributed by atoms with Gasteiger partial charge in [0.05, 0.1) is 11.6 Å². The summed E-state index contributed by atoms with van der Waals surface area (Å²) >= 11 is 0. The summed E-state index contributed by atoms with van der Waals surface area (Å²) in [5.41, 5.74) is -0.121. The second kappa shape index (κ2) is 7.00. The van der Waals surface area contributed by atoms with E-state index in [-0.39, 0.29) is 18.7 Å². The van der Waals surface area contributed by atoms with E-state index >= 15 is 0 Å². The highest BCUT2D eigenvalue weighted by atomic mass is 19.1. The summed E-state index contributed by atoms with van der Waals surface area (Å²) in [5.74, 6) is -1.24. The number of imide groups is 1. The highest BCUT2D eigenvalue weighted by molar-refractivity contribution is 6.07. The number of Topliss-reactive ketones (excluding diaryl/α,β-unsaturated/α-hetero) is 1. The lowest BCUT2D eigenvalue weighted by Gasteiger charge is -2.22. The highest BCUT2D eigenvalue weighted by Crippen LogP contribution is 2.29. The zero-order valence-electron chi connectivity index (χ0n) is 14.5. The number of hydrogen-bond acceptors (Lipinski definition) is 4. The summed E-state index contributed by atoms with van der Waals surface area (Å²) in [5, 5.41) is 11.7. The minimum atomic E-state index is -1.30. The first-order valence-electron chi connectivity index (χ1n) is 8.28. The molecule has 7 heteroatoms.